The van der Waals surface area contributed by atoms with Gasteiger partial charge in [0.05, 0.1) is 11.1 Å². The van der Waals surface area contributed by atoms with Gasteiger partial charge in [-0.05, 0) is 36.9 Å². The van der Waals surface area contributed by atoms with E-state index < -0.39 is 65.8 Å². The van der Waals surface area contributed by atoms with Gasteiger partial charge < -0.3 is 9.88 Å². The molecule has 0 aliphatic heterocycles. The van der Waals surface area contributed by atoms with Crippen LogP contribution in [0.4, 0.5) is 27.6 Å². The van der Waals surface area contributed by atoms with E-state index in [1.807, 2.05) is 4.72 Å². The Morgan fingerprint density at radius 2 is 1.90 bits per heavy atom. The van der Waals surface area contributed by atoms with Crippen LogP contribution in [0.1, 0.15) is 17.4 Å². The number of nitrogens with zero attached hydrogens (tertiary/aromatic N) is 1. The van der Waals surface area contributed by atoms with Crippen molar-refractivity contribution >= 4 is 45.0 Å². The van der Waals surface area contributed by atoms with E-state index in [0.717, 1.165) is 35.9 Å². The molecule has 1 amide bonds. The van der Waals surface area contributed by atoms with Gasteiger partial charge in [-0.1, -0.05) is 11.6 Å². The lowest BCUT2D eigenvalue weighted by Gasteiger charge is -2.14. The molecule has 160 valence electrons. The molecule has 0 saturated carbocycles. The van der Waals surface area contributed by atoms with E-state index in [0.29, 0.717) is 0 Å². The van der Waals surface area contributed by atoms with Crippen LogP contribution in [0.3, 0.4) is 0 Å². The van der Waals surface area contributed by atoms with E-state index in [1.165, 1.54) is 7.05 Å². The number of anilines is 1. The van der Waals surface area contributed by atoms with Crippen LogP contribution in [0.25, 0.3) is 0 Å². The fraction of sp³-hybridized carbons (Fsp3) is 0.267. The van der Waals surface area contributed by atoms with Gasteiger partial charge in [-0.3, -0.25) is 4.79 Å². The molecule has 0 unspecified atom stereocenters. The molecule has 1 aromatic carbocycles. The van der Waals surface area contributed by atoms with Crippen LogP contribution in [0.2, 0.25) is 5.02 Å². The number of amides is 1. The number of hydrogen-bond acceptors (Lipinski definition) is 4. The van der Waals surface area contributed by atoms with Crippen LogP contribution in [-0.2, 0) is 17.1 Å². The number of aromatic nitrogens is 1. The fourth-order valence-electron chi connectivity index (χ4n) is 2.23. The second kappa shape index (κ2) is 8.50. The predicted octanol–water partition coefficient (Wildman–Crippen LogP) is 4.09. The van der Waals surface area contributed by atoms with Crippen molar-refractivity contribution in [1.29, 1.82) is 0 Å². The minimum atomic E-state index is -4.65. The van der Waals surface area contributed by atoms with Gasteiger partial charge in [-0.25, -0.2) is 17.2 Å². The van der Waals surface area contributed by atoms with Gasteiger partial charge in [0.1, 0.15) is 21.4 Å². The summed E-state index contributed by atoms with van der Waals surface area (Å²) in [6, 6.07) is 2.64. The van der Waals surface area contributed by atoms with Crippen LogP contribution in [-0.4, -0.2) is 29.8 Å². The molecule has 1 heterocycles. The van der Waals surface area contributed by atoms with Gasteiger partial charge in [0.15, 0.2) is 5.82 Å². The van der Waals surface area contributed by atoms with Crippen molar-refractivity contribution in [2.45, 2.75) is 22.7 Å². The highest BCUT2D eigenvalue weighted by atomic mass is 35.5. The molecule has 0 aliphatic carbocycles. The largest absolute Gasteiger partial charge is 0.443 e. The molecule has 2 aromatic rings. The second-order valence-electron chi connectivity index (χ2n) is 5.68. The summed E-state index contributed by atoms with van der Waals surface area (Å²) in [5, 5.41) is -0.237. The smallest absolute Gasteiger partial charge is 0.345 e. The lowest BCUT2D eigenvalue weighted by Crippen LogP contribution is -2.32. The number of aryl methyl sites for hydroxylation is 1. The third-order valence-electron chi connectivity index (χ3n) is 3.44. The lowest BCUT2D eigenvalue weighted by molar-refractivity contribution is -0.0333. The summed E-state index contributed by atoms with van der Waals surface area (Å²) in [6.45, 7) is 1.01. The lowest BCUT2D eigenvalue weighted by atomic mass is 10.2. The molecule has 0 saturated heterocycles. The van der Waals surface area contributed by atoms with E-state index >= 15 is 0 Å². The van der Waals surface area contributed by atoms with Crippen LogP contribution in [0, 0.1) is 11.6 Å². The number of carbonyl (C=O) groups is 1. The maximum atomic E-state index is 13.9. The zero-order valence-electron chi connectivity index (χ0n) is 14.6. The molecule has 2 N–H and O–H groups in total. The molecule has 1 aromatic heterocycles. The van der Waals surface area contributed by atoms with Crippen LogP contribution in [0.15, 0.2) is 29.3 Å². The Morgan fingerprint density at radius 3 is 2.48 bits per heavy atom. The summed E-state index contributed by atoms with van der Waals surface area (Å²) in [6.07, 6.45) is 0.996. The van der Waals surface area contributed by atoms with Gasteiger partial charge in [0.25, 0.3) is 5.91 Å². The summed E-state index contributed by atoms with van der Waals surface area (Å²) in [7, 11) is -3.08. The van der Waals surface area contributed by atoms with Crippen molar-refractivity contribution in [3.05, 3.63) is 46.7 Å². The number of sulfonamides is 1. The van der Waals surface area contributed by atoms with Gasteiger partial charge >= 0.3 is 5.51 Å². The number of halogens is 6. The average Bonchev–Trinajstić information content (AvgIpc) is 2.96. The van der Waals surface area contributed by atoms with Gasteiger partial charge in [0.2, 0.25) is 10.0 Å². The summed E-state index contributed by atoms with van der Waals surface area (Å²) in [4.78, 5) is 11.9. The summed E-state index contributed by atoms with van der Waals surface area (Å²) < 4.78 is 91.6. The van der Waals surface area contributed by atoms with Crippen LogP contribution >= 0.6 is 23.4 Å². The Labute approximate surface area is 171 Å². The molecule has 29 heavy (non-hydrogen) atoms. The molecule has 0 bridgehead atoms. The monoisotopic (exact) mass is 477 g/mol. The molecule has 2 rings (SSSR count). The number of alkyl halides is 3. The Hall–Kier alpha value is -1.83. The van der Waals surface area contributed by atoms with Crippen LogP contribution in [0.5, 0.6) is 0 Å². The van der Waals surface area contributed by atoms with E-state index in [1.54, 1.807) is 0 Å². The second-order valence-corrected chi connectivity index (χ2v) is 9.17. The third kappa shape index (κ3) is 5.84. The maximum absolute atomic E-state index is 13.9. The number of thioether (sulfide) groups is 1. The van der Waals surface area contributed by atoms with Crippen molar-refractivity contribution in [1.82, 2.24) is 9.29 Å². The zero-order valence-corrected chi connectivity index (χ0v) is 17.0. The Bertz CT molecular complexity index is 1040. The molecule has 0 aliphatic rings. The number of nitrogens with one attached hydrogen (secondary N) is 2. The number of carbonyl (C=O) groups excluding carboxylic acids is 1. The zero-order chi connectivity index (χ0) is 22.1. The first-order valence-electron chi connectivity index (χ1n) is 7.59. The summed E-state index contributed by atoms with van der Waals surface area (Å²) in [5.41, 5.74) is -5.34. The number of hydrogen-bond donors (Lipinski definition) is 2. The van der Waals surface area contributed by atoms with Crippen molar-refractivity contribution < 1.29 is 35.2 Å². The molecular weight excluding hydrogens is 465 g/mol. The van der Waals surface area contributed by atoms with Crippen molar-refractivity contribution in [3.8, 4) is 0 Å². The Morgan fingerprint density at radius 1 is 1.28 bits per heavy atom. The van der Waals surface area contributed by atoms with E-state index in [9.17, 15) is 35.2 Å². The van der Waals surface area contributed by atoms with Crippen molar-refractivity contribution in [2.75, 3.05) is 5.32 Å². The molecule has 14 heteroatoms. The van der Waals surface area contributed by atoms with Gasteiger partial charge in [-0.2, -0.15) is 17.9 Å². The topological polar surface area (TPSA) is 80.2 Å². The Kier molecular flexibility index (Phi) is 6.87. The van der Waals surface area contributed by atoms with E-state index in [2.05, 4.69) is 5.32 Å². The highest BCUT2D eigenvalue weighted by Crippen LogP contribution is 2.33. The first kappa shape index (κ1) is 23.4. The first-order chi connectivity index (χ1) is 13.2. The van der Waals surface area contributed by atoms with Crippen molar-refractivity contribution in [3.63, 3.8) is 0 Å². The Balaban J connectivity index is 2.23. The maximum Gasteiger partial charge on any atom is 0.443 e. The number of rotatable bonds is 6. The van der Waals surface area contributed by atoms with E-state index in [-0.39, 0.29) is 5.69 Å². The molecule has 0 spiro atoms. The average molecular weight is 478 g/mol. The molecule has 1 atom stereocenters. The molecule has 0 fully saturated rings. The molecule has 0 radical (unpaired) electrons. The minimum absolute atomic E-state index is 0.249. The normalized spacial score (nSPS) is 13.4. The standard InChI is InChI=1S/C15H13ClF5N3O3S2/c1-7(28-15(19,20)21)23-29(26,27)8-5-11(24(2)6-8)14(25)22-10-4-3-9(17)12(16)13(10)18/h3-7,23H,1-2H3,(H,22,25)/t7-/m1/s1. The predicted molar refractivity (Wildman–Crippen MR) is 98.2 cm³/mol. The van der Waals surface area contributed by atoms with E-state index in [4.69, 9.17) is 11.6 Å². The fourth-order valence-corrected chi connectivity index (χ4v) is 4.50. The molecular formula is C15H13ClF5N3O3S2. The first-order valence-corrected chi connectivity index (χ1v) is 10.3. The molecule has 6 nitrogen and oxygen atoms in total. The van der Waals surface area contributed by atoms with Gasteiger partial charge in [-0.15, -0.1) is 0 Å². The SMILES string of the molecule is C[C@H](NS(=O)(=O)c1cc(C(=O)Nc2ccc(F)c(Cl)c2F)n(C)c1)SC(F)(F)F. The summed E-state index contributed by atoms with van der Waals surface area (Å²) >= 11 is 4.87. The van der Waals surface area contributed by atoms with Crippen LogP contribution < -0.4 is 10.0 Å². The highest BCUT2D eigenvalue weighted by Gasteiger charge is 2.33. The number of benzene rings is 1. The minimum Gasteiger partial charge on any atom is -0.345 e. The van der Waals surface area contributed by atoms with Crippen molar-refractivity contribution in [2.24, 2.45) is 7.05 Å². The summed E-state index contributed by atoms with van der Waals surface area (Å²) in [5.74, 6) is -3.21. The highest BCUT2D eigenvalue weighted by molar-refractivity contribution is 8.01. The quantitative estimate of drug-likeness (QED) is 0.373. The third-order valence-corrected chi connectivity index (χ3v) is 6.18. The van der Waals surface area contributed by atoms with Gasteiger partial charge in [0, 0.05) is 13.2 Å².